The molecule has 1 N–H and O–H groups in total. The third kappa shape index (κ3) is 2.88. The van der Waals surface area contributed by atoms with Crippen LogP contribution in [0.25, 0.3) is 44.3 Å². The fraction of sp³-hybridized carbons (Fsp3) is 0.0833. The quantitative estimate of drug-likeness (QED) is 0.449. The van der Waals surface area contributed by atoms with Crippen molar-refractivity contribution in [1.82, 2.24) is 15.0 Å². The van der Waals surface area contributed by atoms with Crippen LogP contribution in [0.2, 0.25) is 0 Å². The van der Waals surface area contributed by atoms with Crippen LogP contribution < -0.4 is 9.47 Å². The molecule has 0 radical (unpaired) electrons. The summed E-state index contributed by atoms with van der Waals surface area (Å²) in [4.78, 5) is 12.6. The Balaban J connectivity index is 1.84. The lowest BCUT2D eigenvalue weighted by Crippen LogP contribution is -1.93. The van der Waals surface area contributed by atoms with Crippen molar-refractivity contribution in [1.29, 1.82) is 0 Å². The first-order valence-corrected chi connectivity index (χ1v) is 9.33. The topological polar surface area (TPSA) is 60.0 Å². The largest absolute Gasteiger partial charge is 0.497 e. The number of nitrogens with zero attached hydrogens (tertiary/aromatic N) is 2. The number of H-pyrrole nitrogens is 1. The monoisotopic (exact) mass is 381 g/mol. The summed E-state index contributed by atoms with van der Waals surface area (Å²) in [5, 5.41) is 2.05. The number of pyridine rings is 2. The van der Waals surface area contributed by atoms with Crippen molar-refractivity contribution in [2.45, 2.75) is 0 Å². The SMILES string of the molecule is COc1ccc2nc(-c3c[nH]c4ncccc34)cc(-c3ccccc3OC)c2c1. The van der Waals surface area contributed by atoms with Gasteiger partial charge in [-0.25, -0.2) is 9.97 Å². The second-order valence-electron chi connectivity index (χ2n) is 6.74. The van der Waals surface area contributed by atoms with E-state index >= 15 is 0 Å². The zero-order valence-corrected chi connectivity index (χ0v) is 16.1. The fourth-order valence-corrected chi connectivity index (χ4v) is 3.73. The highest BCUT2D eigenvalue weighted by atomic mass is 16.5. The van der Waals surface area contributed by atoms with Gasteiger partial charge in [0.05, 0.1) is 25.4 Å². The van der Waals surface area contributed by atoms with Gasteiger partial charge in [0.1, 0.15) is 17.1 Å². The van der Waals surface area contributed by atoms with Crippen molar-refractivity contribution in [2.24, 2.45) is 0 Å². The van der Waals surface area contributed by atoms with Crippen LogP contribution in [0.3, 0.4) is 0 Å². The van der Waals surface area contributed by atoms with Gasteiger partial charge in [0.25, 0.3) is 0 Å². The highest BCUT2D eigenvalue weighted by molar-refractivity contribution is 6.01. The minimum atomic E-state index is 0.791. The highest BCUT2D eigenvalue weighted by Crippen LogP contribution is 2.39. The number of methoxy groups -OCH3 is 2. The molecule has 142 valence electrons. The van der Waals surface area contributed by atoms with Gasteiger partial charge in [0.2, 0.25) is 0 Å². The number of ether oxygens (including phenoxy) is 2. The molecule has 2 aromatic carbocycles. The summed E-state index contributed by atoms with van der Waals surface area (Å²) < 4.78 is 11.1. The lowest BCUT2D eigenvalue weighted by molar-refractivity contribution is 0.415. The molecule has 29 heavy (non-hydrogen) atoms. The predicted molar refractivity (Wildman–Crippen MR) is 115 cm³/mol. The number of aromatic nitrogens is 3. The maximum absolute atomic E-state index is 5.64. The van der Waals surface area contributed by atoms with Crippen molar-refractivity contribution in [3.8, 4) is 33.9 Å². The van der Waals surface area contributed by atoms with Crippen molar-refractivity contribution < 1.29 is 9.47 Å². The zero-order chi connectivity index (χ0) is 19.8. The summed E-state index contributed by atoms with van der Waals surface area (Å²) in [5.41, 5.74) is 5.68. The molecule has 3 aromatic heterocycles. The van der Waals surface area contributed by atoms with Crippen LogP contribution in [-0.4, -0.2) is 29.2 Å². The molecule has 3 heterocycles. The van der Waals surface area contributed by atoms with Crippen LogP contribution in [0.15, 0.2) is 73.1 Å². The summed E-state index contributed by atoms with van der Waals surface area (Å²) in [7, 11) is 3.36. The lowest BCUT2D eigenvalue weighted by atomic mass is 9.97. The second-order valence-corrected chi connectivity index (χ2v) is 6.74. The molecule has 5 heteroatoms. The first-order chi connectivity index (χ1) is 14.3. The van der Waals surface area contributed by atoms with E-state index in [9.17, 15) is 0 Å². The molecule has 0 unspecified atom stereocenters. The Morgan fingerprint density at radius 2 is 1.69 bits per heavy atom. The van der Waals surface area contributed by atoms with E-state index in [1.165, 1.54) is 0 Å². The van der Waals surface area contributed by atoms with E-state index in [1.807, 2.05) is 48.7 Å². The Kier molecular flexibility index (Phi) is 4.13. The predicted octanol–water partition coefficient (Wildman–Crippen LogP) is 5.46. The van der Waals surface area contributed by atoms with Crippen molar-refractivity contribution in [3.63, 3.8) is 0 Å². The third-order valence-corrected chi connectivity index (χ3v) is 5.14. The van der Waals surface area contributed by atoms with E-state index in [1.54, 1.807) is 20.4 Å². The Bertz CT molecular complexity index is 1340. The van der Waals surface area contributed by atoms with Crippen LogP contribution in [0, 0.1) is 0 Å². The second kappa shape index (κ2) is 6.95. The van der Waals surface area contributed by atoms with Crippen LogP contribution in [0.5, 0.6) is 11.5 Å². The maximum atomic E-state index is 5.64. The first kappa shape index (κ1) is 17.3. The summed E-state index contributed by atoms with van der Waals surface area (Å²) in [6.45, 7) is 0. The number of hydrogen-bond acceptors (Lipinski definition) is 4. The van der Waals surface area contributed by atoms with Gasteiger partial charge in [-0.15, -0.1) is 0 Å². The molecule has 0 spiro atoms. The van der Waals surface area contributed by atoms with E-state index in [2.05, 4.69) is 28.2 Å². The van der Waals surface area contributed by atoms with Crippen LogP contribution >= 0.6 is 0 Å². The molecule has 0 aliphatic heterocycles. The molecule has 0 atom stereocenters. The molecule has 0 saturated carbocycles. The molecule has 0 fully saturated rings. The molecule has 5 nitrogen and oxygen atoms in total. The van der Waals surface area contributed by atoms with Crippen molar-refractivity contribution in [2.75, 3.05) is 14.2 Å². The number of nitrogens with one attached hydrogen (secondary N) is 1. The van der Waals surface area contributed by atoms with Gasteiger partial charge in [0, 0.05) is 34.3 Å². The Labute approximate surface area is 168 Å². The van der Waals surface area contributed by atoms with E-state index in [0.29, 0.717) is 0 Å². The zero-order valence-electron chi connectivity index (χ0n) is 16.1. The molecule has 0 aliphatic carbocycles. The normalized spacial score (nSPS) is 11.1. The van der Waals surface area contributed by atoms with Gasteiger partial charge in [0.15, 0.2) is 0 Å². The number of rotatable bonds is 4. The number of aromatic amines is 1. The third-order valence-electron chi connectivity index (χ3n) is 5.14. The van der Waals surface area contributed by atoms with E-state index < -0.39 is 0 Å². The number of benzene rings is 2. The van der Waals surface area contributed by atoms with E-state index in [4.69, 9.17) is 14.5 Å². The van der Waals surface area contributed by atoms with Gasteiger partial charge < -0.3 is 14.5 Å². The van der Waals surface area contributed by atoms with Crippen molar-refractivity contribution >= 4 is 21.9 Å². The van der Waals surface area contributed by atoms with Gasteiger partial charge in [-0.05, 0) is 48.0 Å². The summed E-state index contributed by atoms with van der Waals surface area (Å²) in [6, 6.07) is 20.1. The average Bonchev–Trinajstić information content (AvgIpc) is 3.22. The molecule has 0 bridgehead atoms. The Morgan fingerprint density at radius 3 is 2.55 bits per heavy atom. The minimum absolute atomic E-state index is 0.791. The minimum Gasteiger partial charge on any atom is -0.497 e. The Morgan fingerprint density at radius 1 is 0.793 bits per heavy atom. The average molecular weight is 381 g/mol. The van der Waals surface area contributed by atoms with E-state index in [-0.39, 0.29) is 0 Å². The standard InChI is InChI=1S/C24H19N3O2/c1-28-15-9-10-21-19(12-15)18(16-6-3-4-8-23(16)29-2)13-22(27-21)20-14-26-24-17(20)7-5-11-25-24/h3-14H,1-2H3,(H,25,26). The van der Waals surface area contributed by atoms with Crippen LogP contribution in [0.4, 0.5) is 0 Å². The lowest BCUT2D eigenvalue weighted by Gasteiger charge is -2.14. The maximum Gasteiger partial charge on any atom is 0.137 e. The van der Waals surface area contributed by atoms with Gasteiger partial charge in [-0.1, -0.05) is 18.2 Å². The molecule has 5 rings (SSSR count). The smallest absolute Gasteiger partial charge is 0.137 e. The molecule has 0 amide bonds. The molecule has 0 aliphatic rings. The molecule has 5 aromatic rings. The number of para-hydroxylation sites is 1. The van der Waals surface area contributed by atoms with Crippen LogP contribution in [-0.2, 0) is 0 Å². The summed E-state index contributed by atoms with van der Waals surface area (Å²) >= 11 is 0. The molecular formula is C24H19N3O2. The van der Waals surface area contributed by atoms with Gasteiger partial charge in [-0.2, -0.15) is 0 Å². The van der Waals surface area contributed by atoms with Crippen LogP contribution in [0.1, 0.15) is 0 Å². The number of fused-ring (bicyclic) bond motifs is 2. The van der Waals surface area contributed by atoms with Gasteiger partial charge >= 0.3 is 0 Å². The fourth-order valence-electron chi connectivity index (χ4n) is 3.73. The highest BCUT2D eigenvalue weighted by Gasteiger charge is 2.15. The Hall–Kier alpha value is -3.86. The summed E-state index contributed by atoms with van der Waals surface area (Å²) in [5.74, 6) is 1.61. The molecular weight excluding hydrogens is 362 g/mol. The van der Waals surface area contributed by atoms with E-state index in [0.717, 1.165) is 55.8 Å². The van der Waals surface area contributed by atoms with Crippen molar-refractivity contribution in [3.05, 3.63) is 73.1 Å². The summed E-state index contributed by atoms with van der Waals surface area (Å²) in [6.07, 6.45) is 3.74. The number of hydrogen-bond donors (Lipinski definition) is 1. The van der Waals surface area contributed by atoms with Gasteiger partial charge in [-0.3, -0.25) is 0 Å². The molecule has 0 saturated heterocycles. The first-order valence-electron chi connectivity index (χ1n) is 9.33.